The Hall–Kier alpha value is -2.02. The van der Waals surface area contributed by atoms with Gasteiger partial charge in [-0.25, -0.2) is 0 Å². The third-order valence-corrected chi connectivity index (χ3v) is 4.66. The number of hydrogen-bond acceptors (Lipinski definition) is 6. The molecular formula is C14H17N3O4. The molecule has 1 aromatic rings. The molecule has 0 spiro atoms. The van der Waals surface area contributed by atoms with Crippen LogP contribution in [0.1, 0.15) is 12.8 Å². The van der Waals surface area contributed by atoms with Crippen molar-refractivity contribution in [1.82, 2.24) is 4.90 Å². The lowest BCUT2D eigenvalue weighted by Gasteiger charge is -2.31. The SMILES string of the molecule is O=[N+]([O-])c1cc2c(cc1NC1CCN3CCC1C3)OCO2. The predicted molar refractivity (Wildman–Crippen MR) is 75.8 cm³/mol. The molecule has 3 aliphatic rings. The van der Waals surface area contributed by atoms with E-state index in [4.69, 9.17) is 9.47 Å². The topological polar surface area (TPSA) is 76.9 Å². The van der Waals surface area contributed by atoms with E-state index in [1.165, 1.54) is 6.07 Å². The molecule has 0 amide bonds. The van der Waals surface area contributed by atoms with E-state index in [0.717, 1.165) is 32.5 Å². The minimum atomic E-state index is -0.367. The van der Waals surface area contributed by atoms with Crippen LogP contribution >= 0.6 is 0 Å². The van der Waals surface area contributed by atoms with Crippen molar-refractivity contribution in [2.24, 2.45) is 5.92 Å². The Bertz CT molecular complexity index is 592. The standard InChI is InChI=1S/C14H17N3O4/c18-17(19)12-6-14-13(20-8-21-14)5-11(12)15-10-2-4-16-3-1-9(10)7-16/h5-6,9-10,15H,1-4,7-8H2. The third-order valence-electron chi connectivity index (χ3n) is 4.66. The second-order valence-corrected chi connectivity index (χ2v) is 5.87. The smallest absolute Gasteiger partial charge is 0.296 e. The molecule has 3 heterocycles. The van der Waals surface area contributed by atoms with Gasteiger partial charge in [0, 0.05) is 25.2 Å². The van der Waals surface area contributed by atoms with Crippen LogP contribution in [0.15, 0.2) is 12.1 Å². The molecule has 2 saturated heterocycles. The van der Waals surface area contributed by atoms with Gasteiger partial charge in [-0.2, -0.15) is 0 Å². The van der Waals surface area contributed by atoms with Gasteiger partial charge in [0.2, 0.25) is 6.79 Å². The number of anilines is 1. The number of hydrogen-bond donors (Lipinski definition) is 1. The zero-order valence-corrected chi connectivity index (χ0v) is 11.6. The average Bonchev–Trinajstić information content (AvgIpc) is 3.07. The molecule has 2 bridgehead atoms. The first kappa shape index (κ1) is 12.7. The molecule has 3 aliphatic heterocycles. The van der Waals surface area contributed by atoms with E-state index in [1.54, 1.807) is 6.07 Å². The van der Waals surface area contributed by atoms with Crippen LogP contribution in [0.2, 0.25) is 0 Å². The Labute approximate surface area is 122 Å². The maximum Gasteiger partial charge on any atom is 0.296 e. The largest absolute Gasteiger partial charge is 0.454 e. The number of nitrogens with one attached hydrogen (secondary N) is 1. The number of nitro benzene ring substituents is 1. The summed E-state index contributed by atoms with van der Waals surface area (Å²) in [6.07, 6.45) is 2.19. The second kappa shape index (κ2) is 4.77. The molecule has 3 unspecified atom stereocenters. The summed E-state index contributed by atoms with van der Waals surface area (Å²) in [6, 6.07) is 3.44. The molecule has 0 radical (unpaired) electrons. The van der Waals surface area contributed by atoms with Gasteiger partial charge in [-0.05, 0) is 25.3 Å². The molecule has 2 fully saturated rings. The number of ether oxygens (including phenoxy) is 2. The summed E-state index contributed by atoms with van der Waals surface area (Å²) in [4.78, 5) is 13.4. The Morgan fingerprint density at radius 2 is 2.00 bits per heavy atom. The highest BCUT2D eigenvalue weighted by Crippen LogP contribution is 2.41. The van der Waals surface area contributed by atoms with Crippen molar-refractivity contribution in [2.75, 3.05) is 31.7 Å². The summed E-state index contributed by atoms with van der Waals surface area (Å²) in [6.45, 7) is 3.42. The third kappa shape index (κ3) is 2.17. The first-order chi connectivity index (χ1) is 10.2. The lowest BCUT2D eigenvalue weighted by Crippen LogP contribution is -2.39. The van der Waals surface area contributed by atoms with Gasteiger partial charge in [0.1, 0.15) is 5.69 Å². The molecule has 1 aromatic carbocycles. The van der Waals surface area contributed by atoms with Crippen LogP contribution < -0.4 is 14.8 Å². The molecule has 4 rings (SSSR count). The zero-order valence-electron chi connectivity index (χ0n) is 11.6. The fraction of sp³-hybridized carbons (Fsp3) is 0.571. The average molecular weight is 291 g/mol. The molecule has 3 atom stereocenters. The Morgan fingerprint density at radius 3 is 2.81 bits per heavy atom. The van der Waals surface area contributed by atoms with Gasteiger partial charge < -0.3 is 19.7 Å². The molecule has 0 aromatic heterocycles. The fourth-order valence-corrected chi connectivity index (χ4v) is 3.54. The minimum Gasteiger partial charge on any atom is -0.454 e. The lowest BCUT2D eigenvalue weighted by molar-refractivity contribution is -0.384. The number of nitrogens with zero attached hydrogens (tertiary/aromatic N) is 2. The Morgan fingerprint density at radius 1 is 1.24 bits per heavy atom. The van der Waals surface area contributed by atoms with E-state index in [9.17, 15) is 10.1 Å². The van der Waals surface area contributed by atoms with Gasteiger partial charge in [-0.15, -0.1) is 0 Å². The van der Waals surface area contributed by atoms with Crippen molar-refractivity contribution in [2.45, 2.75) is 18.9 Å². The fourth-order valence-electron chi connectivity index (χ4n) is 3.54. The lowest BCUT2D eigenvalue weighted by atomic mass is 9.94. The minimum absolute atomic E-state index is 0.0553. The maximum absolute atomic E-state index is 11.3. The molecule has 21 heavy (non-hydrogen) atoms. The second-order valence-electron chi connectivity index (χ2n) is 5.87. The van der Waals surface area contributed by atoms with Gasteiger partial charge in [0.25, 0.3) is 5.69 Å². The van der Waals surface area contributed by atoms with Crippen molar-refractivity contribution in [3.8, 4) is 11.5 Å². The van der Waals surface area contributed by atoms with Crippen LogP contribution in [0, 0.1) is 16.0 Å². The highest BCUT2D eigenvalue weighted by molar-refractivity contribution is 5.69. The summed E-state index contributed by atoms with van der Waals surface area (Å²) in [7, 11) is 0. The number of nitro groups is 1. The molecule has 7 heteroatoms. The van der Waals surface area contributed by atoms with Crippen molar-refractivity contribution in [3.05, 3.63) is 22.2 Å². The van der Waals surface area contributed by atoms with E-state index < -0.39 is 0 Å². The van der Waals surface area contributed by atoms with Crippen LogP contribution in [0.5, 0.6) is 11.5 Å². The van der Waals surface area contributed by atoms with Crippen LogP contribution in [0.3, 0.4) is 0 Å². The first-order valence-corrected chi connectivity index (χ1v) is 7.27. The number of benzene rings is 1. The van der Waals surface area contributed by atoms with E-state index in [2.05, 4.69) is 10.2 Å². The Balaban J connectivity index is 1.63. The van der Waals surface area contributed by atoms with Gasteiger partial charge in [0.15, 0.2) is 11.5 Å². The van der Waals surface area contributed by atoms with Crippen molar-refractivity contribution in [3.63, 3.8) is 0 Å². The van der Waals surface area contributed by atoms with E-state index >= 15 is 0 Å². The van der Waals surface area contributed by atoms with Crippen molar-refractivity contribution < 1.29 is 14.4 Å². The van der Waals surface area contributed by atoms with Crippen molar-refractivity contribution >= 4 is 11.4 Å². The quantitative estimate of drug-likeness (QED) is 0.676. The summed E-state index contributed by atoms with van der Waals surface area (Å²) >= 11 is 0. The molecule has 7 nitrogen and oxygen atoms in total. The van der Waals surface area contributed by atoms with Crippen LogP contribution in [-0.4, -0.2) is 42.3 Å². The van der Waals surface area contributed by atoms with Gasteiger partial charge in [0.05, 0.1) is 11.0 Å². The number of rotatable bonds is 3. The van der Waals surface area contributed by atoms with E-state index in [-0.39, 0.29) is 17.4 Å². The van der Waals surface area contributed by atoms with Crippen LogP contribution in [0.25, 0.3) is 0 Å². The highest BCUT2D eigenvalue weighted by atomic mass is 16.7. The number of fused-ring (bicyclic) bond motifs is 3. The first-order valence-electron chi connectivity index (χ1n) is 7.27. The number of piperidine rings is 1. The zero-order chi connectivity index (χ0) is 14.4. The highest BCUT2D eigenvalue weighted by Gasteiger charge is 2.35. The summed E-state index contributed by atoms with van der Waals surface area (Å²) in [5.74, 6) is 1.60. The molecule has 0 aliphatic carbocycles. The molecule has 0 saturated carbocycles. The van der Waals surface area contributed by atoms with Crippen LogP contribution in [-0.2, 0) is 0 Å². The molecule has 112 valence electrons. The van der Waals surface area contributed by atoms with E-state index in [1.807, 2.05) is 0 Å². The Kier molecular flexibility index (Phi) is 2.88. The van der Waals surface area contributed by atoms with Gasteiger partial charge in [-0.1, -0.05) is 0 Å². The summed E-state index contributed by atoms with van der Waals surface area (Å²) < 4.78 is 10.6. The monoisotopic (exact) mass is 291 g/mol. The van der Waals surface area contributed by atoms with Gasteiger partial charge >= 0.3 is 0 Å². The van der Waals surface area contributed by atoms with Crippen molar-refractivity contribution in [1.29, 1.82) is 0 Å². The summed E-state index contributed by atoms with van der Waals surface area (Å²) in [5, 5.41) is 14.7. The molecular weight excluding hydrogens is 274 g/mol. The van der Waals surface area contributed by atoms with E-state index in [0.29, 0.717) is 29.1 Å². The maximum atomic E-state index is 11.3. The molecule has 1 N–H and O–H groups in total. The van der Waals surface area contributed by atoms with Crippen LogP contribution in [0.4, 0.5) is 11.4 Å². The normalized spacial score (nSPS) is 29.4. The van der Waals surface area contributed by atoms with Gasteiger partial charge in [-0.3, -0.25) is 10.1 Å². The summed E-state index contributed by atoms with van der Waals surface area (Å²) in [5.41, 5.74) is 0.592. The predicted octanol–water partition coefficient (Wildman–Crippen LogP) is 1.83.